The van der Waals surface area contributed by atoms with E-state index in [4.69, 9.17) is 19.8 Å². The highest BCUT2D eigenvalue weighted by Gasteiger charge is 2.33. The maximum absolute atomic E-state index is 14.3. The second kappa shape index (κ2) is 16.5. The standard InChI is InChI=1S/C30H39N8O5P/c1-3-5-18-42-29(39)25(20-23-12-8-6-9-13-23)37-44(40,43-24-14-10-7-11-15-24)22-41-19-17-38-21-33-26-27(32-16-4-2)34-30(36-31)35-28(26)38/h4,6-15,21,25H,2-3,5,16-20,22,31H2,1H3,(H,37,40)(H2,32,34,35,36). The number of nitrogen functional groups attached to an aromatic ring is 1. The van der Waals surface area contributed by atoms with Crippen LogP contribution in [-0.4, -0.2) is 57.6 Å². The molecule has 44 heavy (non-hydrogen) atoms. The topological polar surface area (TPSA) is 168 Å². The van der Waals surface area contributed by atoms with Gasteiger partial charge in [-0.15, -0.1) is 6.58 Å². The zero-order chi connectivity index (χ0) is 31.2. The maximum atomic E-state index is 14.3. The lowest BCUT2D eigenvalue weighted by Gasteiger charge is -2.25. The molecule has 4 rings (SSSR count). The van der Waals surface area contributed by atoms with Gasteiger partial charge in [0.05, 0.1) is 19.5 Å². The highest BCUT2D eigenvalue weighted by molar-refractivity contribution is 7.57. The van der Waals surface area contributed by atoms with E-state index in [9.17, 15) is 9.36 Å². The van der Waals surface area contributed by atoms with Crippen molar-refractivity contribution in [1.29, 1.82) is 0 Å². The van der Waals surface area contributed by atoms with Crippen LogP contribution in [-0.2, 0) is 31.8 Å². The van der Waals surface area contributed by atoms with Crippen molar-refractivity contribution in [3.05, 3.63) is 85.2 Å². The first-order chi connectivity index (χ1) is 21.4. The van der Waals surface area contributed by atoms with Gasteiger partial charge in [-0.1, -0.05) is 68.0 Å². The van der Waals surface area contributed by atoms with Gasteiger partial charge < -0.3 is 23.9 Å². The molecule has 0 amide bonds. The molecule has 14 heteroatoms. The molecule has 0 saturated carbocycles. The zero-order valence-corrected chi connectivity index (χ0v) is 25.6. The van der Waals surface area contributed by atoms with Gasteiger partial charge in [-0.3, -0.25) is 14.8 Å². The number of imidazole rings is 1. The summed E-state index contributed by atoms with van der Waals surface area (Å²) < 4.78 is 33.4. The number of hydrazine groups is 1. The summed E-state index contributed by atoms with van der Waals surface area (Å²) in [6.07, 6.45) is 4.87. The average Bonchev–Trinajstić information content (AvgIpc) is 3.45. The number of unbranched alkanes of at least 4 members (excludes halogenated alkanes) is 1. The van der Waals surface area contributed by atoms with Gasteiger partial charge in [-0.25, -0.2) is 15.9 Å². The number of hydrogen-bond donors (Lipinski definition) is 4. The minimum atomic E-state index is -3.78. The molecule has 0 spiro atoms. The number of nitrogens with two attached hydrogens (primary N) is 1. The summed E-state index contributed by atoms with van der Waals surface area (Å²) in [4.78, 5) is 26.3. The van der Waals surface area contributed by atoms with Crippen LogP contribution in [0.4, 0.5) is 11.8 Å². The number of carbonyl (C=O) groups excluding carboxylic acids is 1. The van der Waals surface area contributed by atoms with Crippen molar-refractivity contribution in [1.82, 2.24) is 24.6 Å². The Balaban J connectivity index is 1.50. The van der Waals surface area contributed by atoms with Crippen molar-refractivity contribution >= 4 is 36.4 Å². The Morgan fingerprint density at radius 3 is 2.57 bits per heavy atom. The number of hydrogen-bond acceptors (Lipinski definition) is 11. The first-order valence-electron chi connectivity index (χ1n) is 14.4. The van der Waals surface area contributed by atoms with Crippen LogP contribution in [0.1, 0.15) is 25.3 Å². The van der Waals surface area contributed by atoms with Crippen LogP contribution in [0.15, 0.2) is 79.6 Å². The number of rotatable bonds is 19. The molecule has 5 N–H and O–H groups in total. The fourth-order valence-corrected chi connectivity index (χ4v) is 5.92. The van der Waals surface area contributed by atoms with Crippen molar-refractivity contribution in [3.8, 4) is 5.75 Å². The van der Waals surface area contributed by atoms with Crippen LogP contribution in [0.2, 0.25) is 0 Å². The summed E-state index contributed by atoms with van der Waals surface area (Å²) in [6, 6.07) is 17.3. The lowest BCUT2D eigenvalue weighted by molar-refractivity contribution is -0.145. The van der Waals surface area contributed by atoms with Crippen molar-refractivity contribution in [3.63, 3.8) is 0 Å². The normalized spacial score (nSPS) is 13.1. The van der Waals surface area contributed by atoms with Crippen LogP contribution in [0, 0.1) is 0 Å². The minimum Gasteiger partial charge on any atom is -0.465 e. The SMILES string of the molecule is C=CCNc1nc(NN)nc2c1ncn2CCOCP(=O)(NC(Cc1ccccc1)C(=O)OCCCC)Oc1ccccc1. The molecule has 13 nitrogen and oxygen atoms in total. The van der Waals surface area contributed by atoms with Crippen LogP contribution in [0.25, 0.3) is 11.2 Å². The molecule has 2 atom stereocenters. The molecule has 4 aromatic rings. The lowest BCUT2D eigenvalue weighted by Crippen LogP contribution is -2.40. The number of nitrogens with zero attached hydrogens (tertiary/aromatic N) is 4. The number of esters is 1. The molecule has 0 fully saturated rings. The highest BCUT2D eigenvalue weighted by Crippen LogP contribution is 2.44. The second-order valence-electron chi connectivity index (χ2n) is 9.83. The number of nitrogens with one attached hydrogen (secondary N) is 3. The Kier molecular flexibility index (Phi) is 12.3. The van der Waals surface area contributed by atoms with Gasteiger partial charge >= 0.3 is 13.5 Å². The number of para-hydroxylation sites is 1. The summed E-state index contributed by atoms with van der Waals surface area (Å²) in [5, 5.41) is 6.10. The number of aromatic nitrogens is 4. The Morgan fingerprint density at radius 2 is 1.86 bits per heavy atom. The van der Waals surface area contributed by atoms with Crippen molar-refractivity contribution in [2.75, 3.05) is 36.8 Å². The smallest absolute Gasteiger partial charge is 0.342 e. The Hall–Kier alpha value is -4.29. The Labute approximate surface area is 256 Å². The number of carbonyl (C=O) groups is 1. The van der Waals surface area contributed by atoms with Gasteiger partial charge in [0.2, 0.25) is 5.95 Å². The molecule has 0 radical (unpaired) electrons. The van der Waals surface area contributed by atoms with Gasteiger partial charge in [0, 0.05) is 13.1 Å². The first-order valence-corrected chi connectivity index (χ1v) is 16.2. The van der Waals surface area contributed by atoms with E-state index in [1.54, 1.807) is 41.2 Å². The maximum Gasteiger partial charge on any atom is 0.342 e. The summed E-state index contributed by atoms with van der Waals surface area (Å²) in [5.41, 5.74) is 4.43. The van der Waals surface area contributed by atoms with E-state index in [0.29, 0.717) is 35.8 Å². The predicted molar refractivity (Wildman–Crippen MR) is 170 cm³/mol. The number of benzene rings is 2. The van der Waals surface area contributed by atoms with Crippen LogP contribution in [0.3, 0.4) is 0 Å². The molecule has 0 aliphatic rings. The second-order valence-corrected chi connectivity index (χ2v) is 11.9. The third kappa shape index (κ3) is 9.35. The number of fused-ring (bicyclic) bond motifs is 1. The van der Waals surface area contributed by atoms with Crippen molar-refractivity contribution < 1.29 is 23.4 Å². The van der Waals surface area contributed by atoms with Gasteiger partial charge in [0.15, 0.2) is 17.0 Å². The van der Waals surface area contributed by atoms with Crippen LogP contribution < -0.4 is 26.2 Å². The summed E-state index contributed by atoms with van der Waals surface area (Å²) in [6.45, 7) is 6.95. The van der Waals surface area contributed by atoms with E-state index in [1.165, 1.54) is 0 Å². The number of anilines is 2. The predicted octanol–water partition coefficient (Wildman–Crippen LogP) is 4.50. The average molecular weight is 623 g/mol. The third-order valence-electron chi connectivity index (χ3n) is 6.40. The molecule has 2 heterocycles. The van der Waals surface area contributed by atoms with Crippen molar-refractivity contribution in [2.24, 2.45) is 5.84 Å². The first kappa shape index (κ1) is 32.6. The van der Waals surface area contributed by atoms with E-state index in [1.807, 2.05) is 43.3 Å². The molecule has 234 valence electrons. The largest absolute Gasteiger partial charge is 0.465 e. The molecule has 2 unspecified atom stereocenters. The quantitative estimate of drug-likeness (QED) is 0.0289. The lowest BCUT2D eigenvalue weighted by atomic mass is 10.1. The van der Waals surface area contributed by atoms with E-state index in [-0.39, 0.29) is 31.9 Å². The van der Waals surface area contributed by atoms with Crippen LogP contribution in [0.5, 0.6) is 5.75 Å². The third-order valence-corrected chi connectivity index (χ3v) is 8.14. The number of ether oxygens (including phenoxy) is 2. The van der Waals surface area contributed by atoms with E-state index >= 15 is 0 Å². The molecule has 0 saturated heterocycles. The van der Waals surface area contributed by atoms with E-state index in [2.05, 4.69) is 37.4 Å². The molecule has 2 aromatic heterocycles. The van der Waals surface area contributed by atoms with Gasteiger partial charge in [-0.05, 0) is 30.5 Å². The Bertz CT molecular complexity index is 1540. The van der Waals surface area contributed by atoms with Gasteiger partial charge in [-0.2, -0.15) is 9.97 Å². The highest BCUT2D eigenvalue weighted by atomic mass is 31.2. The fourth-order valence-electron chi connectivity index (χ4n) is 4.24. The summed E-state index contributed by atoms with van der Waals surface area (Å²) >= 11 is 0. The zero-order valence-electron chi connectivity index (χ0n) is 24.7. The molecular formula is C30H39N8O5P. The molecule has 0 aliphatic heterocycles. The van der Waals surface area contributed by atoms with Crippen LogP contribution >= 0.6 is 7.52 Å². The Morgan fingerprint density at radius 1 is 1.11 bits per heavy atom. The molecular weight excluding hydrogens is 583 g/mol. The van der Waals surface area contributed by atoms with Gasteiger partial charge in [0.1, 0.15) is 18.1 Å². The molecule has 2 aromatic carbocycles. The minimum absolute atomic E-state index is 0.143. The summed E-state index contributed by atoms with van der Waals surface area (Å²) in [7, 11) is -3.78. The summed E-state index contributed by atoms with van der Waals surface area (Å²) in [5.74, 6) is 6.16. The monoisotopic (exact) mass is 622 g/mol. The van der Waals surface area contributed by atoms with E-state index < -0.39 is 19.5 Å². The van der Waals surface area contributed by atoms with E-state index in [0.717, 1.165) is 18.4 Å². The van der Waals surface area contributed by atoms with Gasteiger partial charge in [0.25, 0.3) is 0 Å². The fraction of sp³-hybridized carbons (Fsp3) is 0.333. The van der Waals surface area contributed by atoms with Crippen molar-refractivity contribution in [2.45, 2.75) is 38.8 Å². The molecule has 0 aliphatic carbocycles. The molecule has 0 bridgehead atoms.